The molecule has 0 aromatic rings. The van der Waals surface area contributed by atoms with E-state index in [1.807, 2.05) is 0 Å². The van der Waals surface area contributed by atoms with Crippen molar-refractivity contribution in [1.29, 1.82) is 0 Å². The number of rotatable bonds is 3. The molecule has 0 heterocycles. The summed E-state index contributed by atoms with van der Waals surface area (Å²) in [5.41, 5.74) is 0. The van der Waals surface area contributed by atoms with Crippen LogP contribution < -0.4 is 0 Å². The van der Waals surface area contributed by atoms with Gasteiger partial charge in [0.1, 0.15) is 0 Å². The average Bonchev–Trinajstić information content (AvgIpc) is 1.81. The Morgan fingerprint density at radius 3 is 1.67 bits per heavy atom. The van der Waals surface area contributed by atoms with Crippen LogP contribution in [0.3, 0.4) is 0 Å². The number of hydrogen-bond acceptors (Lipinski definition) is 0. The molecule has 6 heteroatoms. The van der Waals surface area contributed by atoms with Gasteiger partial charge in [0, 0.05) is 15.2 Å². The second kappa shape index (κ2) is 3.72. The van der Waals surface area contributed by atoms with Gasteiger partial charge in [-0.25, -0.2) is 0 Å². The Balaban J connectivity index is 4.05. The first-order valence-electron chi connectivity index (χ1n) is 3.40. The molecule has 0 fully saturated rings. The molecule has 1 radical (unpaired) electrons. The molecule has 0 bridgehead atoms. The Bertz CT molecular complexity index is 139. The highest BCUT2D eigenvalue weighted by atomic mass is 28.3. The van der Waals surface area contributed by atoms with Crippen LogP contribution in [0.25, 0.3) is 0 Å². The minimum Gasteiger partial charge on any atom is -0.196 e. The highest BCUT2D eigenvalue weighted by Crippen LogP contribution is 2.39. The van der Waals surface area contributed by atoms with Crippen LogP contribution >= 0.6 is 0 Å². The summed E-state index contributed by atoms with van der Waals surface area (Å²) < 4.78 is 59.0. The fraction of sp³-hybridized carbons (Fsp3) is 1.00. The molecule has 0 aromatic heterocycles. The molecule has 73 valence electrons. The lowest BCUT2D eigenvalue weighted by Gasteiger charge is -2.19. The van der Waals surface area contributed by atoms with Crippen molar-refractivity contribution < 1.29 is 22.0 Å². The molecule has 0 rings (SSSR count). The van der Waals surface area contributed by atoms with Crippen molar-refractivity contribution in [1.82, 2.24) is 0 Å². The molecule has 0 nitrogen and oxygen atoms in total. The topological polar surface area (TPSA) is 0 Å². The zero-order valence-electron chi connectivity index (χ0n) is 6.80. The van der Waals surface area contributed by atoms with E-state index < -0.39 is 27.3 Å². The second-order valence-corrected chi connectivity index (χ2v) is 5.82. The molecule has 0 N–H and O–H groups in total. The molecule has 0 atom stereocenters. The van der Waals surface area contributed by atoms with E-state index in [1.165, 1.54) is 0 Å². The van der Waals surface area contributed by atoms with Gasteiger partial charge in [-0.3, -0.25) is 0 Å². The number of hydrogen-bond donors (Lipinski definition) is 0. The van der Waals surface area contributed by atoms with Gasteiger partial charge < -0.3 is 0 Å². The number of alkyl halides is 5. The van der Waals surface area contributed by atoms with Gasteiger partial charge in [-0.2, -0.15) is 22.0 Å². The van der Waals surface area contributed by atoms with Crippen LogP contribution in [0.1, 0.15) is 6.42 Å². The van der Waals surface area contributed by atoms with Crippen molar-refractivity contribution in [3.8, 4) is 0 Å². The predicted octanol–water partition coefficient (Wildman–Crippen LogP) is 3.33. The lowest BCUT2D eigenvalue weighted by molar-refractivity contribution is -0.282. The van der Waals surface area contributed by atoms with E-state index in [4.69, 9.17) is 0 Å². The van der Waals surface area contributed by atoms with Crippen molar-refractivity contribution >= 4 is 8.80 Å². The lowest BCUT2D eigenvalue weighted by atomic mass is 10.2. The van der Waals surface area contributed by atoms with Gasteiger partial charge in [-0.05, 0) is 0 Å². The third kappa shape index (κ3) is 3.51. The minimum absolute atomic E-state index is 0.0167. The van der Waals surface area contributed by atoms with Crippen LogP contribution in [0.2, 0.25) is 19.1 Å². The van der Waals surface area contributed by atoms with Crippen LogP contribution in [-0.4, -0.2) is 20.9 Å². The quantitative estimate of drug-likeness (QED) is 0.489. The summed E-state index contributed by atoms with van der Waals surface area (Å²) in [4.78, 5) is 0. The van der Waals surface area contributed by atoms with E-state index in [0.29, 0.717) is 0 Å². The molecule has 12 heavy (non-hydrogen) atoms. The first-order valence-corrected chi connectivity index (χ1v) is 6.11. The maximum atomic E-state index is 12.2. The first kappa shape index (κ1) is 11.9. The van der Waals surface area contributed by atoms with Crippen LogP contribution in [0.5, 0.6) is 0 Å². The number of halogens is 5. The Morgan fingerprint density at radius 2 is 1.42 bits per heavy atom. The normalized spacial score (nSPS) is 14.0. The molecule has 0 amide bonds. The second-order valence-electron chi connectivity index (χ2n) is 2.91. The predicted molar refractivity (Wildman–Crippen MR) is 37.9 cm³/mol. The monoisotopic (exact) mass is 205 g/mol. The van der Waals surface area contributed by atoms with E-state index in [0.717, 1.165) is 0 Å². The highest BCUT2D eigenvalue weighted by molar-refractivity contribution is 6.55. The zero-order chi connectivity index (χ0) is 9.99. The molecule has 0 unspecified atom stereocenters. The van der Waals surface area contributed by atoms with E-state index in [9.17, 15) is 22.0 Å². The Labute approximate surface area is 69.4 Å². The minimum atomic E-state index is -5.38. The first-order chi connectivity index (χ1) is 5.17. The summed E-state index contributed by atoms with van der Waals surface area (Å²) in [5.74, 6) is -4.51. The van der Waals surface area contributed by atoms with Crippen molar-refractivity contribution in [2.75, 3.05) is 0 Å². The molecule has 0 saturated carbocycles. The van der Waals surface area contributed by atoms with E-state index >= 15 is 0 Å². The maximum Gasteiger partial charge on any atom is 0.453 e. The van der Waals surface area contributed by atoms with E-state index in [2.05, 4.69) is 0 Å². The van der Waals surface area contributed by atoms with Crippen LogP contribution in [0.4, 0.5) is 22.0 Å². The molecular formula is C6H10F5Si. The third-order valence-corrected chi connectivity index (χ3v) is 2.60. The van der Waals surface area contributed by atoms with Gasteiger partial charge in [-0.1, -0.05) is 19.1 Å². The largest absolute Gasteiger partial charge is 0.453 e. The van der Waals surface area contributed by atoms with Crippen LogP contribution in [0, 0.1) is 0 Å². The Morgan fingerprint density at radius 1 is 1.00 bits per heavy atom. The van der Waals surface area contributed by atoms with Gasteiger partial charge >= 0.3 is 12.1 Å². The molecule has 0 aliphatic carbocycles. The third-order valence-electron chi connectivity index (χ3n) is 1.35. The van der Waals surface area contributed by atoms with Gasteiger partial charge in [0.2, 0.25) is 0 Å². The molecular weight excluding hydrogens is 195 g/mol. The fourth-order valence-electron chi connectivity index (χ4n) is 0.549. The van der Waals surface area contributed by atoms with Crippen LogP contribution in [-0.2, 0) is 0 Å². The van der Waals surface area contributed by atoms with E-state index in [1.54, 1.807) is 13.1 Å². The summed E-state index contributed by atoms with van der Waals surface area (Å²) in [6.07, 6.45) is -6.46. The summed E-state index contributed by atoms with van der Waals surface area (Å²) >= 11 is 0. The summed E-state index contributed by atoms with van der Waals surface area (Å²) in [6, 6.07) is -0.0167. The summed E-state index contributed by atoms with van der Waals surface area (Å²) in [7, 11) is -1.01. The summed E-state index contributed by atoms with van der Waals surface area (Å²) in [5, 5.41) is 0. The summed E-state index contributed by atoms with van der Waals surface area (Å²) in [6.45, 7) is 3.41. The smallest absolute Gasteiger partial charge is 0.196 e. The van der Waals surface area contributed by atoms with Crippen LogP contribution in [0.15, 0.2) is 0 Å². The van der Waals surface area contributed by atoms with Gasteiger partial charge in [0.05, 0.1) is 0 Å². The van der Waals surface area contributed by atoms with Crippen molar-refractivity contribution in [3.63, 3.8) is 0 Å². The van der Waals surface area contributed by atoms with E-state index in [-0.39, 0.29) is 6.04 Å². The molecule has 0 aromatic carbocycles. The van der Waals surface area contributed by atoms with Crippen molar-refractivity contribution in [3.05, 3.63) is 0 Å². The van der Waals surface area contributed by atoms with Gasteiger partial charge in [-0.15, -0.1) is 0 Å². The molecule has 0 saturated heterocycles. The van der Waals surface area contributed by atoms with Crippen molar-refractivity contribution in [2.24, 2.45) is 0 Å². The molecule has 0 spiro atoms. The fourth-order valence-corrected chi connectivity index (χ4v) is 1.36. The highest BCUT2D eigenvalue weighted by Gasteiger charge is 2.56. The van der Waals surface area contributed by atoms with Crippen molar-refractivity contribution in [2.45, 2.75) is 37.7 Å². The average molecular weight is 205 g/mol. The van der Waals surface area contributed by atoms with Gasteiger partial charge in [0.25, 0.3) is 0 Å². The Hall–Kier alpha value is -0.133. The maximum absolute atomic E-state index is 12.2. The Kier molecular flexibility index (Phi) is 3.68. The SMILES string of the molecule is C[Si](C)CCC(F)(F)C(F)(F)F. The van der Waals surface area contributed by atoms with Gasteiger partial charge in [0.15, 0.2) is 0 Å². The molecule has 0 aliphatic heterocycles. The molecule has 0 aliphatic rings. The zero-order valence-corrected chi connectivity index (χ0v) is 7.80. The lowest BCUT2D eigenvalue weighted by Crippen LogP contribution is -2.36. The standard InChI is InChI=1S/C6H10F5Si/c1-12(2)4-3-5(7,8)6(9,10)11/h3-4H2,1-2H3.